The molecule has 4 nitrogen and oxygen atoms in total. The zero-order valence-corrected chi connectivity index (χ0v) is 14.4. The van der Waals surface area contributed by atoms with E-state index in [1.165, 1.54) is 0 Å². The first kappa shape index (κ1) is 18.1. The van der Waals surface area contributed by atoms with Crippen LogP contribution in [-0.4, -0.2) is 40.8 Å². The van der Waals surface area contributed by atoms with Gasteiger partial charge in [-0.25, -0.2) is 0 Å². The number of hydrogen-bond donors (Lipinski definition) is 0. The summed E-state index contributed by atoms with van der Waals surface area (Å²) in [6, 6.07) is -0.221. The summed E-state index contributed by atoms with van der Waals surface area (Å²) in [5, 5.41) is 0.455. The normalized spacial score (nSPS) is 18.7. The molecule has 0 aliphatic carbocycles. The van der Waals surface area contributed by atoms with Gasteiger partial charge in [-0.3, -0.25) is 9.59 Å². The van der Waals surface area contributed by atoms with E-state index in [1.54, 1.807) is 4.90 Å². The summed E-state index contributed by atoms with van der Waals surface area (Å²) in [6.45, 7) is 8.81. The van der Waals surface area contributed by atoms with Crippen LogP contribution in [0, 0.1) is 5.41 Å². The fourth-order valence-corrected chi connectivity index (χ4v) is 2.58. The van der Waals surface area contributed by atoms with Crippen molar-refractivity contribution in [3.05, 3.63) is 0 Å². The van der Waals surface area contributed by atoms with E-state index in [-0.39, 0.29) is 11.8 Å². The Labute approximate surface area is 133 Å². The fourth-order valence-electron chi connectivity index (χ4n) is 2.25. The van der Waals surface area contributed by atoms with Gasteiger partial charge in [-0.2, -0.15) is 0 Å². The number of nitrogens with zero attached hydrogens (tertiary/aromatic N) is 1. The second kappa shape index (κ2) is 7.87. The third kappa shape index (κ3) is 4.50. The second-order valence-electron chi connectivity index (χ2n) is 6.24. The quantitative estimate of drug-likeness (QED) is 0.411. The average Bonchev–Trinajstić information content (AvgIpc) is 2.95. The number of likely N-dealkylation sites (tertiary alicyclic amines) is 1. The minimum Gasteiger partial charge on any atom is -0.485 e. The number of ether oxygens (including phenoxy) is 1. The summed E-state index contributed by atoms with van der Waals surface area (Å²) >= 11 is 5.30. The third-order valence-corrected chi connectivity index (χ3v) is 4.61. The first-order valence-corrected chi connectivity index (χ1v) is 8.28. The molecule has 5 heteroatoms. The average molecular weight is 313 g/mol. The van der Waals surface area contributed by atoms with Crippen molar-refractivity contribution in [1.29, 1.82) is 0 Å². The van der Waals surface area contributed by atoms with Crippen LogP contribution < -0.4 is 0 Å². The van der Waals surface area contributed by atoms with Crippen LogP contribution in [0.4, 0.5) is 0 Å². The van der Waals surface area contributed by atoms with Crippen molar-refractivity contribution < 1.29 is 14.3 Å². The smallest absolute Gasteiger partial charge is 0.291 e. The summed E-state index contributed by atoms with van der Waals surface area (Å²) in [5.41, 5.74) is -0.616. The maximum Gasteiger partial charge on any atom is 0.291 e. The SMILES string of the molecule is CCCCOC(=S)C1CCCN1C(=O)C(=O)C(C)(C)CC. The first-order valence-electron chi connectivity index (χ1n) is 7.87. The Bertz CT molecular complexity index is 406. The summed E-state index contributed by atoms with van der Waals surface area (Å²) in [4.78, 5) is 26.4. The molecule has 21 heavy (non-hydrogen) atoms. The fraction of sp³-hybridized carbons (Fsp3) is 0.812. The van der Waals surface area contributed by atoms with Crippen molar-refractivity contribution in [3.63, 3.8) is 0 Å². The molecule has 1 amide bonds. The molecule has 0 spiro atoms. The van der Waals surface area contributed by atoms with Gasteiger partial charge in [0.25, 0.3) is 5.91 Å². The molecule has 0 aromatic heterocycles. The van der Waals surface area contributed by atoms with Crippen LogP contribution in [0.5, 0.6) is 0 Å². The Morgan fingerprint density at radius 2 is 2.00 bits per heavy atom. The summed E-state index contributed by atoms with van der Waals surface area (Å²) in [5.74, 6) is -0.737. The number of amides is 1. The lowest BCUT2D eigenvalue weighted by Gasteiger charge is -2.28. The lowest BCUT2D eigenvalue weighted by molar-refractivity contribution is -0.149. The van der Waals surface area contributed by atoms with E-state index in [4.69, 9.17) is 17.0 Å². The predicted octanol–water partition coefficient (Wildman–Crippen LogP) is 3.13. The molecule has 1 unspecified atom stereocenters. The molecule has 1 rings (SSSR count). The highest BCUT2D eigenvalue weighted by molar-refractivity contribution is 7.80. The highest BCUT2D eigenvalue weighted by Gasteiger charge is 2.40. The number of unbranched alkanes of at least 4 members (excludes halogenated alkanes) is 1. The Morgan fingerprint density at radius 1 is 1.33 bits per heavy atom. The van der Waals surface area contributed by atoms with Gasteiger partial charge in [0.05, 0.1) is 6.61 Å². The summed E-state index contributed by atoms with van der Waals surface area (Å²) in [6.07, 6.45) is 4.29. The number of hydrogen-bond acceptors (Lipinski definition) is 4. The third-order valence-electron chi connectivity index (χ3n) is 4.22. The van der Waals surface area contributed by atoms with E-state index in [2.05, 4.69) is 6.92 Å². The molecule has 0 radical (unpaired) electrons. The summed E-state index contributed by atoms with van der Waals surface area (Å²) in [7, 11) is 0. The number of carbonyl (C=O) groups is 2. The van der Waals surface area contributed by atoms with E-state index < -0.39 is 11.3 Å². The van der Waals surface area contributed by atoms with Crippen LogP contribution in [0.1, 0.15) is 59.8 Å². The standard InChI is InChI=1S/C16H27NO3S/c1-5-7-11-20-15(21)12-9-8-10-17(12)14(19)13(18)16(3,4)6-2/h12H,5-11H2,1-4H3. The molecule has 120 valence electrons. The molecular formula is C16H27NO3S. The highest BCUT2D eigenvalue weighted by atomic mass is 32.1. The van der Waals surface area contributed by atoms with Gasteiger partial charge in [0.2, 0.25) is 5.78 Å². The highest BCUT2D eigenvalue weighted by Crippen LogP contribution is 2.26. The van der Waals surface area contributed by atoms with Crippen molar-refractivity contribution >= 4 is 29.0 Å². The Hall–Kier alpha value is -0.970. The van der Waals surface area contributed by atoms with E-state index >= 15 is 0 Å². The van der Waals surface area contributed by atoms with Crippen LogP contribution in [0.3, 0.4) is 0 Å². The zero-order chi connectivity index (χ0) is 16.0. The van der Waals surface area contributed by atoms with E-state index in [9.17, 15) is 9.59 Å². The monoisotopic (exact) mass is 313 g/mol. The summed E-state index contributed by atoms with van der Waals surface area (Å²) < 4.78 is 5.56. The van der Waals surface area contributed by atoms with Crippen LogP contribution in [0.2, 0.25) is 0 Å². The Balaban J connectivity index is 2.70. The molecule has 1 aliphatic rings. The van der Waals surface area contributed by atoms with Crippen molar-refractivity contribution in [3.8, 4) is 0 Å². The number of ketones is 1. The molecule has 0 bridgehead atoms. The molecule has 1 fully saturated rings. The molecule has 0 N–H and O–H groups in total. The Kier molecular flexibility index (Phi) is 6.78. The maximum atomic E-state index is 12.5. The van der Waals surface area contributed by atoms with Gasteiger partial charge in [-0.05, 0) is 37.9 Å². The van der Waals surface area contributed by atoms with E-state index in [0.29, 0.717) is 24.6 Å². The van der Waals surface area contributed by atoms with Crippen LogP contribution in [-0.2, 0) is 14.3 Å². The number of rotatable bonds is 7. The molecular weight excluding hydrogens is 286 g/mol. The largest absolute Gasteiger partial charge is 0.485 e. The minimum atomic E-state index is -0.616. The lowest BCUT2D eigenvalue weighted by atomic mass is 9.84. The number of Topliss-reactive ketones (excluding diaryl/α,β-unsaturated/α-hetero) is 1. The van der Waals surface area contributed by atoms with Gasteiger partial charge in [0.15, 0.2) is 5.05 Å². The first-order chi connectivity index (χ1) is 9.85. The maximum absolute atomic E-state index is 12.5. The van der Waals surface area contributed by atoms with Gasteiger partial charge in [-0.15, -0.1) is 0 Å². The molecule has 1 heterocycles. The second-order valence-corrected chi connectivity index (χ2v) is 6.65. The van der Waals surface area contributed by atoms with E-state index in [0.717, 1.165) is 25.7 Å². The molecule has 1 saturated heterocycles. The zero-order valence-electron chi connectivity index (χ0n) is 13.6. The lowest BCUT2D eigenvalue weighted by Crippen LogP contribution is -2.47. The molecule has 1 atom stereocenters. The molecule has 0 saturated carbocycles. The Morgan fingerprint density at radius 3 is 2.57 bits per heavy atom. The van der Waals surface area contributed by atoms with Gasteiger partial charge in [-0.1, -0.05) is 34.1 Å². The van der Waals surface area contributed by atoms with Crippen LogP contribution in [0.15, 0.2) is 0 Å². The number of thiocarbonyl (C=S) groups is 1. The minimum absolute atomic E-state index is 0.221. The van der Waals surface area contributed by atoms with Gasteiger partial charge in [0.1, 0.15) is 6.04 Å². The van der Waals surface area contributed by atoms with Crippen molar-refractivity contribution in [1.82, 2.24) is 4.90 Å². The predicted molar refractivity (Wildman–Crippen MR) is 87.3 cm³/mol. The number of carbonyl (C=O) groups excluding carboxylic acids is 2. The van der Waals surface area contributed by atoms with Crippen LogP contribution in [0.25, 0.3) is 0 Å². The topological polar surface area (TPSA) is 46.6 Å². The molecule has 1 aliphatic heterocycles. The van der Waals surface area contributed by atoms with E-state index in [1.807, 2.05) is 20.8 Å². The van der Waals surface area contributed by atoms with Crippen LogP contribution >= 0.6 is 12.2 Å². The molecule has 0 aromatic rings. The van der Waals surface area contributed by atoms with Gasteiger partial charge in [0, 0.05) is 12.0 Å². The van der Waals surface area contributed by atoms with Crippen molar-refractivity contribution in [2.75, 3.05) is 13.2 Å². The van der Waals surface area contributed by atoms with Crippen molar-refractivity contribution in [2.45, 2.75) is 65.8 Å². The van der Waals surface area contributed by atoms with Gasteiger partial charge < -0.3 is 9.64 Å². The van der Waals surface area contributed by atoms with Gasteiger partial charge >= 0.3 is 0 Å². The van der Waals surface area contributed by atoms with Crippen molar-refractivity contribution in [2.24, 2.45) is 5.41 Å². The molecule has 0 aromatic carbocycles.